The van der Waals surface area contributed by atoms with Gasteiger partial charge >= 0.3 is 0 Å². The van der Waals surface area contributed by atoms with Gasteiger partial charge in [-0.2, -0.15) is 0 Å². The maximum atomic E-state index is 12.6. The molecule has 3 rings (SSSR count). The van der Waals surface area contributed by atoms with Crippen LogP contribution < -0.4 is 14.2 Å². The summed E-state index contributed by atoms with van der Waals surface area (Å²) in [5.41, 5.74) is 1.89. The van der Waals surface area contributed by atoms with Crippen molar-refractivity contribution in [2.45, 2.75) is 20.0 Å². The first kappa shape index (κ1) is 17.4. The molecule has 0 saturated heterocycles. The maximum Gasteiger partial charge on any atom is 0.196 e. The van der Waals surface area contributed by atoms with E-state index in [1.54, 1.807) is 37.5 Å². The van der Waals surface area contributed by atoms with Crippen LogP contribution in [0.25, 0.3) is 6.08 Å². The fraction of sp³-hybridized carbons (Fsp3) is 0.250. The van der Waals surface area contributed by atoms with Crippen LogP contribution in [-0.2, 0) is 0 Å². The molecule has 1 aliphatic rings. The van der Waals surface area contributed by atoms with Crippen molar-refractivity contribution < 1.29 is 19.0 Å². The molecule has 0 aromatic heterocycles. The number of hydrogen-bond acceptors (Lipinski definition) is 4. The van der Waals surface area contributed by atoms with Crippen LogP contribution in [0.4, 0.5) is 0 Å². The molecule has 1 aliphatic heterocycles. The highest BCUT2D eigenvalue weighted by Crippen LogP contribution is 2.38. The molecule has 1 heterocycles. The number of carbonyl (C=O) groups excluding carboxylic acids is 1. The van der Waals surface area contributed by atoms with Crippen molar-refractivity contribution in [3.63, 3.8) is 0 Å². The predicted molar refractivity (Wildman–Crippen MR) is 98.0 cm³/mol. The van der Waals surface area contributed by atoms with Crippen LogP contribution in [0.2, 0.25) is 5.02 Å². The van der Waals surface area contributed by atoms with E-state index in [2.05, 4.69) is 0 Å². The third-order valence-electron chi connectivity index (χ3n) is 3.75. The maximum absolute atomic E-state index is 12.6. The SMILES string of the molecule is COc1cc(/C=C2\COc3ccccc3C2=O)cc(Cl)c1OC(C)C. The summed E-state index contributed by atoms with van der Waals surface area (Å²) in [5, 5.41) is 0.435. The molecule has 0 spiro atoms. The van der Waals surface area contributed by atoms with Crippen molar-refractivity contribution in [2.75, 3.05) is 13.7 Å². The largest absolute Gasteiger partial charge is 0.493 e. The lowest BCUT2D eigenvalue weighted by Gasteiger charge is -2.19. The van der Waals surface area contributed by atoms with Gasteiger partial charge in [0.1, 0.15) is 12.4 Å². The molecule has 0 bridgehead atoms. The van der Waals surface area contributed by atoms with Crippen molar-refractivity contribution in [2.24, 2.45) is 0 Å². The quantitative estimate of drug-likeness (QED) is 0.737. The molecule has 0 amide bonds. The molecular weight excluding hydrogens is 340 g/mol. The minimum atomic E-state index is -0.0422. The summed E-state index contributed by atoms with van der Waals surface area (Å²) in [6.07, 6.45) is 1.74. The average molecular weight is 359 g/mol. The Hall–Kier alpha value is -2.46. The van der Waals surface area contributed by atoms with Crippen LogP contribution in [-0.4, -0.2) is 25.6 Å². The smallest absolute Gasteiger partial charge is 0.196 e. The predicted octanol–water partition coefficient (Wildman–Crippen LogP) is 4.79. The summed E-state index contributed by atoms with van der Waals surface area (Å²) in [7, 11) is 1.56. The highest BCUT2D eigenvalue weighted by atomic mass is 35.5. The number of halogens is 1. The second kappa shape index (κ2) is 7.19. The van der Waals surface area contributed by atoms with Crippen LogP contribution in [0.1, 0.15) is 29.8 Å². The minimum Gasteiger partial charge on any atom is -0.493 e. The van der Waals surface area contributed by atoms with E-state index < -0.39 is 0 Å². The number of para-hydroxylation sites is 1. The van der Waals surface area contributed by atoms with Crippen LogP contribution in [0.3, 0.4) is 0 Å². The second-order valence-electron chi connectivity index (χ2n) is 5.98. The molecule has 130 valence electrons. The van der Waals surface area contributed by atoms with Crippen LogP contribution in [0.15, 0.2) is 42.0 Å². The fourth-order valence-corrected chi connectivity index (χ4v) is 2.92. The molecule has 5 heteroatoms. The lowest BCUT2D eigenvalue weighted by molar-refractivity contribution is 0.100. The molecule has 0 atom stereocenters. The zero-order valence-corrected chi connectivity index (χ0v) is 15.1. The molecule has 25 heavy (non-hydrogen) atoms. The molecule has 4 nitrogen and oxygen atoms in total. The second-order valence-corrected chi connectivity index (χ2v) is 6.39. The summed E-state index contributed by atoms with van der Waals surface area (Å²) in [6.45, 7) is 4.06. The van der Waals surface area contributed by atoms with Crippen molar-refractivity contribution >= 4 is 23.5 Å². The Morgan fingerprint density at radius 2 is 2.00 bits per heavy atom. The number of fused-ring (bicyclic) bond motifs is 1. The highest BCUT2D eigenvalue weighted by molar-refractivity contribution is 6.32. The van der Waals surface area contributed by atoms with Crippen LogP contribution in [0.5, 0.6) is 17.2 Å². The molecule has 0 N–H and O–H groups in total. The lowest BCUT2D eigenvalue weighted by Crippen LogP contribution is -2.18. The number of rotatable bonds is 4. The lowest BCUT2D eigenvalue weighted by atomic mass is 9.98. The van der Waals surface area contributed by atoms with Crippen LogP contribution in [0, 0.1) is 0 Å². The molecule has 2 aromatic rings. The van der Waals surface area contributed by atoms with Crippen molar-refractivity contribution in [3.05, 3.63) is 58.1 Å². The summed E-state index contributed by atoms with van der Waals surface area (Å²) < 4.78 is 16.8. The number of ketones is 1. The molecule has 0 unspecified atom stereocenters. The standard InChI is InChI=1S/C20H19ClO4/c1-12(2)25-20-16(21)9-13(10-18(20)23-3)8-14-11-24-17-7-5-4-6-15(17)19(14)22/h4-10,12H,11H2,1-3H3/b14-8+. The van der Waals surface area contributed by atoms with E-state index in [1.807, 2.05) is 26.0 Å². The number of carbonyl (C=O) groups is 1. The Labute approximate surface area is 152 Å². The van der Waals surface area contributed by atoms with Gasteiger partial charge in [0.25, 0.3) is 0 Å². The van der Waals surface area contributed by atoms with Gasteiger partial charge in [-0.25, -0.2) is 0 Å². The van der Waals surface area contributed by atoms with Gasteiger partial charge in [0, 0.05) is 5.57 Å². The first-order valence-corrected chi connectivity index (χ1v) is 8.38. The highest BCUT2D eigenvalue weighted by Gasteiger charge is 2.23. The zero-order chi connectivity index (χ0) is 18.0. The zero-order valence-electron chi connectivity index (χ0n) is 14.3. The van der Waals surface area contributed by atoms with E-state index in [0.717, 1.165) is 5.56 Å². The van der Waals surface area contributed by atoms with Gasteiger partial charge in [0.2, 0.25) is 0 Å². The number of ether oxygens (including phenoxy) is 3. The first-order chi connectivity index (χ1) is 12.0. The van der Waals surface area contributed by atoms with Gasteiger partial charge < -0.3 is 14.2 Å². The average Bonchev–Trinajstić information content (AvgIpc) is 2.59. The van der Waals surface area contributed by atoms with Crippen LogP contribution >= 0.6 is 11.6 Å². The Balaban J connectivity index is 1.97. The number of hydrogen-bond donors (Lipinski definition) is 0. The first-order valence-electron chi connectivity index (χ1n) is 8.01. The third-order valence-corrected chi connectivity index (χ3v) is 4.03. The van der Waals surface area contributed by atoms with Gasteiger partial charge in [0.05, 0.1) is 23.8 Å². The molecular formula is C20H19ClO4. The normalized spacial score (nSPS) is 15.1. The Morgan fingerprint density at radius 3 is 2.72 bits per heavy atom. The molecule has 2 aromatic carbocycles. The Bertz CT molecular complexity index is 840. The summed E-state index contributed by atoms with van der Waals surface area (Å²) >= 11 is 6.34. The van der Waals surface area contributed by atoms with Crippen molar-refractivity contribution in [1.29, 1.82) is 0 Å². The van der Waals surface area contributed by atoms with Crippen molar-refractivity contribution in [1.82, 2.24) is 0 Å². The third kappa shape index (κ3) is 3.64. The Kier molecular flexibility index (Phi) is 5.00. The van der Waals surface area contributed by atoms with E-state index >= 15 is 0 Å². The molecule has 0 aliphatic carbocycles. The minimum absolute atomic E-state index is 0.0274. The molecule has 0 saturated carbocycles. The van der Waals surface area contributed by atoms with Gasteiger partial charge in [0.15, 0.2) is 17.3 Å². The summed E-state index contributed by atoms with van der Waals surface area (Å²) in [5.74, 6) is 1.59. The van der Waals surface area contributed by atoms with E-state index in [9.17, 15) is 4.79 Å². The van der Waals surface area contributed by atoms with E-state index in [-0.39, 0.29) is 18.5 Å². The monoisotopic (exact) mass is 358 g/mol. The molecule has 0 fully saturated rings. The van der Waals surface area contributed by atoms with E-state index in [1.165, 1.54) is 0 Å². The number of Topliss-reactive ketones (excluding diaryl/α,β-unsaturated/α-hetero) is 1. The summed E-state index contributed by atoms with van der Waals surface area (Å²) in [4.78, 5) is 12.6. The van der Waals surface area contributed by atoms with Gasteiger partial charge in [-0.05, 0) is 49.8 Å². The Morgan fingerprint density at radius 1 is 1.24 bits per heavy atom. The van der Waals surface area contributed by atoms with E-state index in [0.29, 0.717) is 33.4 Å². The fourth-order valence-electron chi connectivity index (χ4n) is 2.66. The topological polar surface area (TPSA) is 44.8 Å². The number of benzene rings is 2. The molecule has 0 radical (unpaired) electrons. The number of methoxy groups -OCH3 is 1. The van der Waals surface area contributed by atoms with Gasteiger partial charge in [-0.15, -0.1) is 0 Å². The van der Waals surface area contributed by atoms with Gasteiger partial charge in [-0.1, -0.05) is 23.7 Å². The van der Waals surface area contributed by atoms with E-state index in [4.69, 9.17) is 25.8 Å². The van der Waals surface area contributed by atoms with Crippen molar-refractivity contribution in [3.8, 4) is 17.2 Å². The summed E-state index contributed by atoms with van der Waals surface area (Å²) in [6, 6.07) is 10.8. The van der Waals surface area contributed by atoms with Gasteiger partial charge in [-0.3, -0.25) is 4.79 Å².